The van der Waals surface area contributed by atoms with Gasteiger partial charge in [0.05, 0.1) is 6.54 Å². The first-order chi connectivity index (χ1) is 13.0. The third-order valence-electron chi connectivity index (χ3n) is 4.53. The molecule has 28 heavy (non-hydrogen) atoms. The zero-order chi connectivity index (χ0) is 19.6. The molecule has 2 aromatic rings. The normalized spacial score (nSPS) is 10.8. The molecule has 0 aliphatic rings. The summed E-state index contributed by atoms with van der Waals surface area (Å²) in [5.41, 5.74) is 4.84. The van der Waals surface area contributed by atoms with Crippen molar-refractivity contribution in [2.24, 2.45) is 4.99 Å². The Kier molecular flexibility index (Phi) is 10.6. The Hall–Kier alpha value is -2.09. The summed E-state index contributed by atoms with van der Waals surface area (Å²) in [4.78, 5) is 18.6. The zero-order valence-corrected chi connectivity index (χ0v) is 19.5. The number of halogens is 1. The Labute approximate surface area is 185 Å². The van der Waals surface area contributed by atoms with Gasteiger partial charge in [-0.2, -0.15) is 0 Å². The number of hydrogen-bond donors (Lipinski definition) is 2. The van der Waals surface area contributed by atoms with Crippen LogP contribution in [0.2, 0.25) is 0 Å². The van der Waals surface area contributed by atoms with Gasteiger partial charge in [-0.3, -0.25) is 9.79 Å². The molecule has 2 aromatic carbocycles. The fourth-order valence-corrected chi connectivity index (χ4v) is 2.89. The number of carbonyl (C=O) groups excluding carboxylic acids is 1. The number of carbonyl (C=O) groups is 1. The third-order valence-corrected chi connectivity index (χ3v) is 4.53. The van der Waals surface area contributed by atoms with Crippen molar-refractivity contribution in [3.05, 3.63) is 70.8 Å². The zero-order valence-electron chi connectivity index (χ0n) is 17.2. The van der Waals surface area contributed by atoms with E-state index in [-0.39, 0.29) is 36.4 Å². The van der Waals surface area contributed by atoms with Gasteiger partial charge in [0.25, 0.3) is 0 Å². The number of aryl methyl sites for hydroxylation is 2. The van der Waals surface area contributed by atoms with Gasteiger partial charge in [-0.25, -0.2) is 0 Å². The van der Waals surface area contributed by atoms with E-state index >= 15 is 0 Å². The Morgan fingerprint density at radius 3 is 2.39 bits per heavy atom. The third kappa shape index (κ3) is 7.50. The molecule has 0 atom stereocenters. The summed E-state index contributed by atoms with van der Waals surface area (Å²) in [5, 5.41) is 6.39. The smallest absolute Gasteiger partial charge is 0.242 e. The molecule has 5 nitrogen and oxygen atoms in total. The van der Waals surface area contributed by atoms with Crippen LogP contribution in [0.1, 0.15) is 29.2 Å². The number of likely N-dealkylation sites (N-methyl/N-ethyl adjacent to an activating group) is 1. The predicted octanol–water partition coefficient (Wildman–Crippen LogP) is 3.64. The summed E-state index contributed by atoms with van der Waals surface area (Å²) in [6, 6.07) is 16.4. The van der Waals surface area contributed by atoms with E-state index in [9.17, 15) is 4.79 Å². The first-order valence-corrected chi connectivity index (χ1v) is 9.35. The van der Waals surface area contributed by atoms with Crippen molar-refractivity contribution in [3.63, 3.8) is 0 Å². The molecule has 0 aromatic heterocycles. The molecular weight excluding hydrogens is 463 g/mol. The summed E-state index contributed by atoms with van der Waals surface area (Å²) < 4.78 is 0. The van der Waals surface area contributed by atoms with Gasteiger partial charge in [0.2, 0.25) is 5.91 Å². The molecule has 6 heteroatoms. The fourth-order valence-electron chi connectivity index (χ4n) is 2.89. The largest absolute Gasteiger partial charge is 0.352 e. The Morgan fingerprint density at radius 1 is 1.07 bits per heavy atom. The highest BCUT2D eigenvalue weighted by Gasteiger charge is 2.12. The molecule has 0 aliphatic heterocycles. The van der Waals surface area contributed by atoms with Crippen molar-refractivity contribution >= 4 is 35.8 Å². The maximum atomic E-state index is 12.5. The first kappa shape index (κ1) is 23.9. The number of amides is 1. The number of aliphatic imine (C=N–C) groups is 1. The molecule has 0 bridgehead atoms. The summed E-state index contributed by atoms with van der Waals surface area (Å²) in [5.74, 6) is 0.676. The number of nitrogens with zero attached hydrogens (tertiary/aromatic N) is 2. The highest BCUT2D eigenvalue weighted by molar-refractivity contribution is 14.0. The number of nitrogens with one attached hydrogen (secondary N) is 2. The van der Waals surface area contributed by atoms with Gasteiger partial charge in [0.15, 0.2) is 5.96 Å². The molecule has 1 amide bonds. The number of benzene rings is 2. The van der Waals surface area contributed by atoms with Gasteiger partial charge in [-0.15, -0.1) is 24.0 Å². The van der Waals surface area contributed by atoms with E-state index in [1.54, 1.807) is 7.05 Å². The molecule has 0 saturated heterocycles. The van der Waals surface area contributed by atoms with Crippen LogP contribution < -0.4 is 10.6 Å². The van der Waals surface area contributed by atoms with Crippen LogP contribution in [0.5, 0.6) is 0 Å². The van der Waals surface area contributed by atoms with Crippen LogP contribution >= 0.6 is 24.0 Å². The van der Waals surface area contributed by atoms with Crippen molar-refractivity contribution in [3.8, 4) is 0 Å². The monoisotopic (exact) mass is 494 g/mol. The highest BCUT2D eigenvalue weighted by Crippen LogP contribution is 2.10. The average molecular weight is 494 g/mol. The van der Waals surface area contributed by atoms with Gasteiger partial charge in [-0.1, -0.05) is 54.1 Å². The quantitative estimate of drug-likeness (QED) is 0.351. The molecule has 0 unspecified atom stereocenters. The summed E-state index contributed by atoms with van der Waals surface area (Å²) in [6.45, 7) is 8.36. The summed E-state index contributed by atoms with van der Waals surface area (Å²) in [7, 11) is 1.71. The lowest BCUT2D eigenvalue weighted by Gasteiger charge is -2.22. The molecule has 0 saturated carbocycles. The highest BCUT2D eigenvalue weighted by atomic mass is 127. The van der Waals surface area contributed by atoms with E-state index in [4.69, 9.17) is 0 Å². The lowest BCUT2D eigenvalue weighted by atomic mass is 10.1. The minimum Gasteiger partial charge on any atom is -0.352 e. The van der Waals surface area contributed by atoms with Crippen LogP contribution in [0.15, 0.2) is 53.5 Å². The van der Waals surface area contributed by atoms with Crippen molar-refractivity contribution < 1.29 is 4.79 Å². The Morgan fingerprint density at radius 2 is 1.79 bits per heavy atom. The van der Waals surface area contributed by atoms with Crippen LogP contribution in [0, 0.1) is 13.8 Å². The lowest BCUT2D eigenvalue weighted by Crippen LogP contribution is -2.44. The Bertz CT molecular complexity index is 777. The second kappa shape index (κ2) is 12.4. The van der Waals surface area contributed by atoms with Crippen molar-refractivity contribution in [2.45, 2.75) is 33.9 Å². The van der Waals surface area contributed by atoms with Gasteiger partial charge in [0.1, 0.15) is 0 Å². The van der Waals surface area contributed by atoms with Crippen LogP contribution in [0.4, 0.5) is 0 Å². The van der Waals surface area contributed by atoms with Crippen LogP contribution in [0.3, 0.4) is 0 Å². The maximum Gasteiger partial charge on any atom is 0.242 e. The van der Waals surface area contributed by atoms with Gasteiger partial charge in [-0.05, 0) is 37.5 Å². The van der Waals surface area contributed by atoms with E-state index in [1.165, 1.54) is 16.7 Å². The predicted molar refractivity (Wildman–Crippen MR) is 127 cm³/mol. The molecule has 2 rings (SSSR count). The van der Waals surface area contributed by atoms with E-state index in [1.807, 2.05) is 42.2 Å². The van der Waals surface area contributed by atoms with Crippen LogP contribution in [-0.2, 0) is 17.9 Å². The van der Waals surface area contributed by atoms with Gasteiger partial charge >= 0.3 is 0 Å². The number of rotatable bonds is 7. The second-order valence-electron chi connectivity index (χ2n) is 6.60. The molecule has 0 fully saturated rings. The SMILES string of the molecule is CCN(Cc1ccccc1)C(=O)CNC(=NC)NCc1ccc(C)cc1C.I. The molecule has 152 valence electrons. The van der Waals surface area contributed by atoms with E-state index in [2.05, 4.69) is 47.7 Å². The molecule has 0 radical (unpaired) electrons. The Balaban J connectivity index is 0.00000392. The van der Waals surface area contributed by atoms with E-state index in [0.29, 0.717) is 25.6 Å². The molecule has 0 heterocycles. The molecule has 0 aliphatic carbocycles. The van der Waals surface area contributed by atoms with Crippen LogP contribution in [0.25, 0.3) is 0 Å². The topological polar surface area (TPSA) is 56.7 Å². The fraction of sp³-hybridized carbons (Fsp3) is 0.364. The minimum absolute atomic E-state index is 0. The number of hydrogen-bond acceptors (Lipinski definition) is 2. The molecule has 2 N–H and O–H groups in total. The lowest BCUT2D eigenvalue weighted by molar-refractivity contribution is -0.130. The summed E-state index contributed by atoms with van der Waals surface area (Å²) >= 11 is 0. The molecular formula is C22H31IN4O. The second-order valence-corrected chi connectivity index (χ2v) is 6.60. The van der Waals surface area contributed by atoms with Crippen molar-refractivity contribution in [1.82, 2.24) is 15.5 Å². The van der Waals surface area contributed by atoms with E-state index in [0.717, 1.165) is 5.56 Å². The van der Waals surface area contributed by atoms with E-state index < -0.39 is 0 Å². The standard InChI is InChI=1S/C22H30N4O.HI/c1-5-26(16-19-9-7-6-8-10-19)21(27)15-25-22(23-4)24-14-20-12-11-17(2)13-18(20)3;/h6-13H,5,14-16H2,1-4H3,(H2,23,24,25);1H. The van der Waals surface area contributed by atoms with Crippen LogP contribution in [-0.4, -0.2) is 36.9 Å². The maximum absolute atomic E-state index is 12.5. The molecule has 0 spiro atoms. The van der Waals surface area contributed by atoms with Crippen molar-refractivity contribution in [2.75, 3.05) is 20.1 Å². The van der Waals surface area contributed by atoms with Gasteiger partial charge in [0, 0.05) is 26.7 Å². The average Bonchev–Trinajstić information content (AvgIpc) is 2.68. The minimum atomic E-state index is 0. The van der Waals surface area contributed by atoms with Crippen molar-refractivity contribution in [1.29, 1.82) is 0 Å². The number of guanidine groups is 1. The van der Waals surface area contributed by atoms with Gasteiger partial charge < -0.3 is 15.5 Å². The summed E-state index contributed by atoms with van der Waals surface area (Å²) in [6.07, 6.45) is 0. The first-order valence-electron chi connectivity index (χ1n) is 9.35.